The van der Waals surface area contributed by atoms with Crippen molar-refractivity contribution in [2.75, 3.05) is 6.61 Å². The summed E-state index contributed by atoms with van der Waals surface area (Å²) in [6.45, 7) is 4.35. The molecule has 1 aliphatic rings. The lowest BCUT2D eigenvalue weighted by Gasteiger charge is -2.19. The van der Waals surface area contributed by atoms with Crippen LogP contribution in [0.2, 0.25) is 0 Å². The van der Waals surface area contributed by atoms with Crippen molar-refractivity contribution in [2.45, 2.75) is 44.0 Å². The lowest BCUT2D eigenvalue weighted by Crippen LogP contribution is -2.37. The molecule has 0 aromatic heterocycles. The second kappa shape index (κ2) is 6.24. The fraction of sp³-hybridized carbons (Fsp3) is 0.600. The second-order valence-electron chi connectivity index (χ2n) is 5.76. The molecule has 4 nitrogen and oxygen atoms in total. The monoisotopic (exact) mass is 297 g/mol. The van der Waals surface area contributed by atoms with E-state index >= 15 is 0 Å². The van der Waals surface area contributed by atoms with Gasteiger partial charge in [0.1, 0.15) is 0 Å². The number of nitrogens with one attached hydrogen (secondary N) is 1. The molecular formula is C15H23NO3S. The number of aliphatic hydroxyl groups excluding tert-OH is 1. The Morgan fingerprint density at radius 2 is 1.85 bits per heavy atom. The lowest BCUT2D eigenvalue weighted by molar-refractivity contribution is 0.299. The van der Waals surface area contributed by atoms with E-state index in [4.69, 9.17) is 5.11 Å². The molecule has 2 N–H and O–H groups in total. The first-order valence-corrected chi connectivity index (χ1v) is 8.64. The maximum absolute atomic E-state index is 12.3. The molecular weight excluding hydrogens is 274 g/mol. The molecule has 5 heteroatoms. The van der Waals surface area contributed by atoms with Gasteiger partial charge in [0.25, 0.3) is 0 Å². The maximum atomic E-state index is 12.3. The van der Waals surface area contributed by atoms with Gasteiger partial charge in [0.05, 0.1) is 4.90 Å². The smallest absolute Gasteiger partial charge is 0.240 e. The summed E-state index contributed by atoms with van der Waals surface area (Å²) in [6, 6.07) is 6.76. The molecule has 0 bridgehead atoms. The van der Waals surface area contributed by atoms with Gasteiger partial charge >= 0.3 is 0 Å². The fourth-order valence-electron chi connectivity index (χ4n) is 2.76. The van der Waals surface area contributed by atoms with Crippen LogP contribution in [0.25, 0.3) is 0 Å². The number of sulfonamides is 1. The standard InChI is InChI=1S/C15H23NO3S/c1-11-3-8-15(12(11)2)16-20(18,19)14-6-4-13(5-7-14)9-10-17/h4-7,11-12,15-17H,3,8-10H2,1-2H3. The third kappa shape index (κ3) is 3.40. The van der Waals surface area contributed by atoms with E-state index in [0.717, 1.165) is 18.4 Å². The Hall–Kier alpha value is -0.910. The van der Waals surface area contributed by atoms with Gasteiger partial charge in [-0.1, -0.05) is 26.0 Å². The van der Waals surface area contributed by atoms with E-state index in [1.54, 1.807) is 24.3 Å². The van der Waals surface area contributed by atoms with Gasteiger partial charge in [0.15, 0.2) is 0 Å². The highest BCUT2D eigenvalue weighted by atomic mass is 32.2. The Morgan fingerprint density at radius 1 is 1.20 bits per heavy atom. The van der Waals surface area contributed by atoms with E-state index in [2.05, 4.69) is 18.6 Å². The van der Waals surface area contributed by atoms with Gasteiger partial charge in [0, 0.05) is 12.6 Å². The summed E-state index contributed by atoms with van der Waals surface area (Å²) in [5.41, 5.74) is 0.939. The first-order chi connectivity index (χ1) is 9.44. The molecule has 2 rings (SSSR count). The number of hydrogen-bond acceptors (Lipinski definition) is 3. The summed E-state index contributed by atoms with van der Waals surface area (Å²) in [7, 11) is -3.44. The molecule has 1 fully saturated rings. The van der Waals surface area contributed by atoms with Crippen LogP contribution in [0.15, 0.2) is 29.2 Å². The Kier molecular flexibility index (Phi) is 4.83. The first-order valence-electron chi connectivity index (χ1n) is 7.16. The molecule has 1 aliphatic carbocycles. The van der Waals surface area contributed by atoms with Crippen LogP contribution in [0.3, 0.4) is 0 Å². The molecule has 0 aliphatic heterocycles. The number of hydrogen-bond donors (Lipinski definition) is 2. The average molecular weight is 297 g/mol. The summed E-state index contributed by atoms with van der Waals surface area (Å²) in [4.78, 5) is 0.297. The molecule has 20 heavy (non-hydrogen) atoms. The van der Waals surface area contributed by atoms with Crippen LogP contribution in [-0.2, 0) is 16.4 Å². The topological polar surface area (TPSA) is 66.4 Å². The molecule has 0 radical (unpaired) electrons. The zero-order chi connectivity index (χ0) is 14.8. The van der Waals surface area contributed by atoms with Gasteiger partial charge in [-0.15, -0.1) is 0 Å². The highest BCUT2D eigenvalue weighted by molar-refractivity contribution is 7.89. The summed E-state index contributed by atoms with van der Waals surface area (Å²) in [5.74, 6) is 0.938. The van der Waals surface area contributed by atoms with Crippen molar-refractivity contribution in [3.8, 4) is 0 Å². The number of rotatable bonds is 5. The van der Waals surface area contributed by atoms with Gasteiger partial charge in [-0.2, -0.15) is 0 Å². The third-order valence-electron chi connectivity index (χ3n) is 4.41. The summed E-state index contributed by atoms with van der Waals surface area (Å²) < 4.78 is 27.5. The Balaban J connectivity index is 2.10. The highest BCUT2D eigenvalue weighted by Crippen LogP contribution is 2.32. The minimum atomic E-state index is -3.44. The van der Waals surface area contributed by atoms with E-state index in [1.807, 2.05) is 0 Å². The van der Waals surface area contributed by atoms with Gasteiger partial charge in [0.2, 0.25) is 10.0 Å². The summed E-state index contributed by atoms with van der Waals surface area (Å²) >= 11 is 0. The summed E-state index contributed by atoms with van der Waals surface area (Å²) in [5, 5.41) is 8.86. The van der Waals surface area contributed by atoms with Crippen LogP contribution in [-0.4, -0.2) is 26.2 Å². The van der Waals surface area contributed by atoms with Gasteiger partial charge < -0.3 is 5.11 Å². The number of aliphatic hydroxyl groups is 1. The Labute approximate surface area is 121 Å². The van der Waals surface area contributed by atoms with E-state index in [9.17, 15) is 8.42 Å². The zero-order valence-electron chi connectivity index (χ0n) is 12.0. The molecule has 3 atom stereocenters. The van der Waals surface area contributed by atoms with Crippen LogP contribution >= 0.6 is 0 Å². The van der Waals surface area contributed by atoms with Gasteiger partial charge in [-0.05, 0) is 48.8 Å². The van der Waals surface area contributed by atoms with E-state index in [-0.39, 0.29) is 12.6 Å². The van der Waals surface area contributed by atoms with Crippen molar-refractivity contribution in [1.29, 1.82) is 0 Å². The van der Waals surface area contributed by atoms with Crippen molar-refractivity contribution in [2.24, 2.45) is 11.8 Å². The zero-order valence-corrected chi connectivity index (χ0v) is 12.9. The van der Waals surface area contributed by atoms with Crippen LogP contribution < -0.4 is 4.72 Å². The average Bonchev–Trinajstić information content (AvgIpc) is 2.71. The van der Waals surface area contributed by atoms with Crippen molar-refractivity contribution in [3.05, 3.63) is 29.8 Å². The van der Waals surface area contributed by atoms with Crippen molar-refractivity contribution < 1.29 is 13.5 Å². The molecule has 112 valence electrons. The predicted molar refractivity (Wildman–Crippen MR) is 78.9 cm³/mol. The molecule has 1 saturated carbocycles. The Bertz CT molecular complexity index is 539. The van der Waals surface area contributed by atoms with Crippen LogP contribution in [0.1, 0.15) is 32.3 Å². The minimum Gasteiger partial charge on any atom is -0.396 e. The third-order valence-corrected chi connectivity index (χ3v) is 5.91. The molecule has 1 aromatic rings. The molecule has 0 amide bonds. The van der Waals surface area contributed by atoms with E-state index < -0.39 is 10.0 Å². The predicted octanol–water partition coefficient (Wildman–Crippen LogP) is 1.93. The number of benzene rings is 1. The van der Waals surface area contributed by atoms with Crippen LogP contribution in [0, 0.1) is 11.8 Å². The van der Waals surface area contributed by atoms with E-state index in [1.165, 1.54) is 0 Å². The van der Waals surface area contributed by atoms with Crippen molar-refractivity contribution in [3.63, 3.8) is 0 Å². The normalized spacial score (nSPS) is 26.9. The van der Waals surface area contributed by atoms with Crippen LogP contribution in [0.5, 0.6) is 0 Å². The maximum Gasteiger partial charge on any atom is 0.240 e. The van der Waals surface area contributed by atoms with Crippen LogP contribution in [0.4, 0.5) is 0 Å². The molecule has 0 spiro atoms. The largest absolute Gasteiger partial charge is 0.396 e. The molecule has 3 unspecified atom stereocenters. The first kappa shape index (κ1) is 15.5. The second-order valence-corrected chi connectivity index (χ2v) is 7.47. The minimum absolute atomic E-state index is 0.0344. The SMILES string of the molecule is CC1CCC(NS(=O)(=O)c2ccc(CCO)cc2)C1C. The molecule has 0 saturated heterocycles. The molecule has 1 aromatic carbocycles. The van der Waals surface area contributed by atoms with E-state index in [0.29, 0.717) is 23.2 Å². The summed E-state index contributed by atoms with van der Waals surface area (Å²) in [6.07, 6.45) is 2.53. The molecule has 0 heterocycles. The lowest BCUT2D eigenvalue weighted by atomic mass is 9.98. The fourth-order valence-corrected chi connectivity index (χ4v) is 4.12. The Morgan fingerprint density at radius 3 is 2.35 bits per heavy atom. The van der Waals surface area contributed by atoms with Crippen molar-refractivity contribution in [1.82, 2.24) is 4.72 Å². The quantitative estimate of drug-likeness (QED) is 0.873. The highest BCUT2D eigenvalue weighted by Gasteiger charge is 2.32. The van der Waals surface area contributed by atoms with Gasteiger partial charge in [-0.3, -0.25) is 0 Å². The van der Waals surface area contributed by atoms with Crippen molar-refractivity contribution >= 4 is 10.0 Å². The van der Waals surface area contributed by atoms with Gasteiger partial charge in [-0.25, -0.2) is 13.1 Å².